The van der Waals surface area contributed by atoms with Gasteiger partial charge >= 0.3 is 0 Å². The summed E-state index contributed by atoms with van der Waals surface area (Å²) in [6.07, 6.45) is 2.06. The lowest BCUT2D eigenvalue weighted by molar-refractivity contribution is -0.121. The zero-order valence-electron chi connectivity index (χ0n) is 15.6. The highest BCUT2D eigenvalue weighted by molar-refractivity contribution is 5.98. The Morgan fingerprint density at radius 1 is 1.00 bits per heavy atom. The van der Waals surface area contributed by atoms with Gasteiger partial charge in [0.05, 0.1) is 6.61 Å². The van der Waals surface area contributed by atoms with E-state index in [2.05, 4.69) is 5.32 Å². The van der Waals surface area contributed by atoms with Crippen molar-refractivity contribution in [3.63, 3.8) is 0 Å². The number of ether oxygens (including phenoxy) is 1. The van der Waals surface area contributed by atoms with Gasteiger partial charge in [-0.1, -0.05) is 19.1 Å². The first-order valence-corrected chi connectivity index (χ1v) is 8.95. The largest absolute Gasteiger partial charge is 0.494 e. The minimum atomic E-state index is -0.114. The third-order valence-corrected chi connectivity index (χ3v) is 3.94. The number of anilines is 1. The highest BCUT2D eigenvalue weighted by atomic mass is 35.5. The molecule has 0 aliphatic carbocycles. The molecule has 0 radical (unpaired) electrons. The summed E-state index contributed by atoms with van der Waals surface area (Å²) in [6, 6.07) is 14.6. The molecule has 0 heterocycles. The molecular formula is C21H27ClN2O3. The number of ketones is 1. The normalized spacial score (nSPS) is 9.96. The van der Waals surface area contributed by atoms with Gasteiger partial charge in [-0.15, -0.1) is 12.4 Å². The predicted molar refractivity (Wildman–Crippen MR) is 111 cm³/mol. The number of nitrogens with two attached hydrogens (primary N) is 1. The van der Waals surface area contributed by atoms with E-state index in [0.29, 0.717) is 18.7 Å². The SMILES string of the molecule is CCCOc1ccc(C(=O)CCC(=O)NCCc2ccc(N)cc2)cc1.Cl. The number of nitrogen functional groups attached to an aromatic ring is 1. The average Bonchev–Trinajstić information content (AvgIpc) is 2.66. The number of nitrogens with one attached hydrogen (secondary N) is 1. The van der Waals surface area contributed by atoms with Crippen molar-refractivity contribution in [3.8, 4) is 5.75 Å². The fourth-order valence-electron chi connectivity index (χ4n) is 2.45. The summed E-state index contributed by atoms with van der Waals surface area (Å²) in [7, 11) is 0. The molecule has 0 aromatic heterocycles. The van der Waals surface area contributed by atoms with Crippen LogP contribution in [0.1, 0.15) is 42.1 Å². The number of hydrogen-bond acceptors (Lipinski definition) is 4. The lowest BCUT2D eigenvalue weighted by atomic mass is 10.1. The van der Waals surface area contributed by atoms with Crippen LogP contribution in [-0.2, 0) is 11.2 Å². The highest BCUT2D eigenvalue weighted by Crippen LogP contribution is 2.14. The van der Waals surface area contributed by atoms with E-state index in [0.717, 1.165) is 29.8 Å². The third kappa shape index (κ3) is 8.13. The van der Waals surface area contributed by atoms with E-state index in [9.17, 15) is 9.59 Å². The molecule has 0 atom stereocenters. The summed E-state index contributed by atoms with van der Waals surface area (Å²) < 4.78 is 5.49. The summed E-state index contributed by atoms with van der Waals surface area (Å²) in [4.78, 5) is 24.1. The first kappa shape index (κ1) is 22.5. The number of amides is 1. The molecule has 0 aliphatic heterocycles. The lowest BCUT2D eigenvalue weighted by Crippen LogP contribution is -2.26. The van der Waals surface area contributed by atoms with Crippen LogP contribution in [0.15, 0.2) is 48.5 Å². The van der Waals surface area contributed by atoms with Gasteiger partial charge in [0.2, 0.25) is 5.91 Å². The topological polar surface area (TPSA) is 81.4 Å². The quantitative estimate of drug-likeness (QED) is 0.477. The number of rotatable bonds is 10. The maximum atomic E-state index is 12.2. The molecule has 146 valence electrons. The number of carbonyl (C=O) groups is 2. The van der Waals surface area contributed by atoms with Gasteiger partial charge in [0.25, 0.3) is 0 Å². The third-order valence-electron chi connectivity index (χ3n) is 3.94. The number of hydrogen-bond donors (Lipinski definition) is 2. The zero-order chi connectivity index (χ0) is 18.8. The smallest absolute Gasteiger partial charge is 0.220 e. The van der Waals surface area contributed by atoms with Crippen LogP contribution in [0.25, 0.3) is 0 Å². The van der Waals surface area contributed by atoms with Crippen molar-refractivity contribution in [2.45, 2.75) is 32.6 Å². The second kappa shape index (κ2) is 12.0. The van der Waals surface area contributed by atoms with Crippen LogP contribution < -0.4 is 15.8 Å². The van der Waals surface area contributed by atoms with E-state index in [1.165, 1.54) is 0 Å². The number of carbonyl (C=O) groups excluding carboxylic acids is 2. The minimum absolute atomic E-state index is 0. The van der Waals surface area contributed by atoms with Crippen LogP contribution in [0.5, 0.6) is 5.75 Å². The van der Waals surface area contributed by atoms with E-state index >= 15 is 0 Å². The Bertz CT molecular complexity index is 715. The second-order valence-electron chi connectivity index (χ2n) is 6.14. The van der Waals surface area contributed by atoms with E-state index in [-0.39, 0.29) is 36.9 Å². The molecule has 0 fully saturated rings. The van der Waals surface area contributed by atoms with Gasteiger partial charge in [-0.25, -0.2) is 0 Å². The maximum Gasteiger partial charge on any atom is 0.220 e. The van der Waals surface area contributed by atoms with Crippen LogP contribution in [0.4, 0.5) is 5.69 Å². The molecular weight excluding hydrogens is 364 g/mol. The molecule has 27 heavy (non-hydrogen) atoms. The van der Waals surface area contributed by atoms with Gasteiger partial charge in [-0.3, -0.25) is 9.59 Å². The Morgan fingerprint density at radius 3 is 2.30 bits per heavy atom. The Hall–Kier alpha value is -2.53. The van der Waals surface area contributed by atoms with Crippen molar-refractivity contribution in [1.82, 2.24) is 5.32 Å². The molecule has 2 aromatic carbocycles. The van der Waals surface area contributed by atoms with Gasteiger partial charge in [0.1, 0.15) is 5.75 Å². The van der Waals surface area contributed by atoms with E-state index in [4.69, 9.17) is 10.5 Å². The number of benzene rings is 2. The second-order valence-corrected chi connectivity index (χ2v) is 6.14. The van der Waals surface area contributed by atoms with Gasteiger partial charge < -0.3 is 15.8 Å². The molecule has 0 aliphatic rings. The average molecular weight is 391 g/mol. The Balaban J connectivity index is 0.00000364. The van der Waals surface area contributed by atoms with Crippen LogP contribution >= 0.6 is 12.4 Å². The highest BCUT2D eigenvalue weighted by Gasteiger charge is 2.09. The van der Waals surface area contributed by atoms with Crippen molar-refractivity contribution < 1.29 is 14.3 Å². The molecule has 0 unspecified atom stereocenters. The lowest BCUT2D eigenvalue weighted by Gasteiger charge is -2.07. The molecule has 6 heteroatoms. The van der Waals surface area contributed by atoms with Crippen molar-refractivity contribution in [2.75, 3.05) is 18.9 Å². The van der Waals surface area contributed by atoms with Gasteiger partial charge in [-0.05, 0) is 54.8 Å². The molecule has 3 N–H and O–H groups in total. The Morgan fingerprint density at radius 2 is 1.67 bits per heavy atom. The van der Waals surface area contributed by atoms with Crippen molar-refractivity contribution in [1.29, 1.82) is 0 Å². The fourth-order valence-corrected chi connectivity index (χ4v) is 2.45. The molecule has 0 saturated heterocycles. The van der Waals surface area contributed by atoms with Gasteiger partial charge in [0, 0.05) is 30.6 Å². The molecule has 5 nitrogen and oxygen atoms in total. The molecule has 0 saturated carbocycles. The first-order valence-electron chi connectivity index (χ1n) is 8.95. The predicted octanol–water partition coefficient (Wildman–Crippen LogP) is 3.80. The first-order chi connectivity index (χ1) is 12.6. The van der Waals surface area contributed by atoms with Crippen LogP contribution in [-0.4, -0.2) is 24.8 Å². The summed E-state index contributed by atoms with van der Waals surface area (Å²) in [5, 5.41) is 2.84. The Labute approximate surface area is 166 Å². The summed E-state index contributed by atoms with van der Waals surface area (Å²) in [5.41, 5.74) is 8.08. The molecule has 2 rings (SSSR count). The number of Topliss-reactive ketones (excluding diaryl/α,β-unsaturated/α-hetero) is 1. The molecule has 1 amide bonds. The van der Waals surface area contributed by atoms with Gasteiger partial charge in [0.15, 0.2) is 5.78 Å². The summed E-state index contributed by atoms with van der Waals surface area (Å²) >= 11 is 0. The summed E-state index contributed by atoms with van der Waals surface area (Å²) in [5.74, 6) is 0.598. The van der Waals surface area contributed by atoms with Crippen molar-refractivity contribution >= 4 is 29.8 Å². The van der Waals surface area contributed by atoms with Crippen molar-refractivity contribution in [2.24, 2.45) is 0 Å². The van der Waals surface area contributed by atoms with Crippen LogP contribution in [0.3, 0.4) is 0 Å². The minimum Gasteiger partial charge on any atom is -0.494 e. The fraction of sp³-hybridized carbons (Fsp3) is 0.333. The van der Waals surface area contributed by atoms with Crippen LogP contribution in [0, 0.1) is 0 Å². The standard InChI is InChI=1S/C21H26N2O3.ClH/c1-2-15-26-19-9-5-17(6-10-19)20(24)11-12-21(25)23-14-13-16-3-7-18(22)8-4-16;/h3-10H,2,11-15,22H2,1H3,(H,23,25);1H. The monoisotopic (exact) mass is 390 g/mol. The van der Waals surface area contributed by atoms with Crippen molar-refractivity contribution in [3.05, 3.63) is 59.7 Å². The van der Waals surface area contributed by atoms with E-state index < -0.39 is 0 Å². The molecule has 0 spiro atoms. The zero-order valence-corrected chi connectivity index (χ0v) is 16.4. The Kier molecular flexibility index (Phi) is 9.98. The van der Waals surface area contributed by atoms with Crippen LogP contribution in [0.2, 0.25) is 0 Å². The van der Waals surface area contributed by atoms with E-state index in [1.54, 1.807) is 24.3 Å². The van der Waals surface area contributed by atoms with Gasteiger partial charge in [-0.2, -0.15) is 0 Å². The molecule has 0 bridgehead atoms. The maximum absolute atomic E-state index is 12.2. The van der Waals surface area contributed by atoms with E-state index in [1.807, 2.05) is 31.2 Å². The number of halogens is 1. The molecule has 2 aromatic rings. The summed E-state index contributed by atoms with van der Waals surface area (Å²) in [6.45, 7) is 3.24.